The summed E-state index contributed by atoms with van der Waals surface area (Å²) in [5, 5.41) is 12.1. The Morgan fingerprint density at radius 1 is 0.852 bits per heavy atom. The molecule has 27 heavy (non-hydrogen) atoms. The van der Waals surface area contributed by atoms with Gasteiger partial charge in [-0.3, -0.25) is 0 Å². The minimum absolute atomic E-state index is 0. The number of rotatable bonds is 16. The second-order valence-corrected chi connectivity index (χ2v) is 7.61. The van der Waals surface area contributed by atoms with Gasteiger partial charge in [0.1, 0.15) is 6.54 Å². The van der Waals surface area contributed by atoms with Crippen LogP contribution < -0.4 is 21.5 Å². The van der Waals surface area contributed by atoms with Gasteiger partial charge < -0.3 is 22.2 Å². The summed E-state index contributed by atoms with van der Waals surface area (Å²) in [6, 6.07) is 4.00. The van der Waals surface area contributed by atoms with Crippen LogP contribution in [-0.2, 0) is 6.54 Å². The van der Waals surface area contributed by atoms with Gasteiger partial charge in [0.25, 0.3) is 0 Å². The molecular weight excluding hydrogens is 400 g/mol. The van der Waals surface area contributed by atoms with Gasteiger partial charge in [0.2, 0.25) is 0 Å². The van der Waals surface area contributed by atoms with Gasteiger partial charge >= 0.3 is 0 Å². The average molecular weight is 441 g/mol. The number of nitrogens with zero attached hydrogens (tertiary/aromatic N) is 2. The van der Waals surface area contributed by atoms with Gasteiger partial charge in [-0.2, -0.15) is 0 Å². The number of aromatic nitrogens is 1. The average Bonchev–Trinajstić information content (AvgIpc) is 2.68. The lowest BCUT2D eigenvalue weighted by atomic mass is 10.0. The fourth-order valence-corrected chi connectivity index (χ4v) is 3.42. The van der Waals surface area contributed by atoms with Gasteiger partial charge in [-0.25, -0.2) is 4.57 Å². The van der Waals surface area contributed by atoms with E-state index < -0.39 is 0 Å². The molecule has 0 unspecified atom stereocenters. The highest BCUT2D eigenvalue weighted by Gasteiger charge is 2.05. The van der Waals surface area contributed by atoms with Crippen LogP contribution in [0.5, 0.6) is 0 Å². The van der Waals surface area contributed by atoms with E-state index in [9.17, 15) is 0 Å². The second-order valence-electron chi connectivity index (χ2n) is 7.61. The number of oxime groups is 1. The molecule has 0 spiro atoms. The van der Waals surface area contributed by atoms with Crippen molar-refractivity contribution in [2.24, 2.45) is 5.16 Å². The van der Waals surface area contributed by atoms with Crippen LogP contribution in [-0.4, -0.2) is 10.9 Å². The zero-order valence-corrected chi connectivity index (χ0v) is 19.2. The number of pyridine rings is 1. The van der Waals surface area contributed by atoms with Crippen molar-refractivity contribution in [1.29, 1.82) is 0 Å². The maximum atomic E-state index is 8.87. The molecule has 0 amide bonds. The van der Waals surface area contributed by atoms with Gasteiger partial charge in [-0.1, -0.05) is 89.1 Å². The predicted molar refractivity (Wildman–Crippen MR) is 111 cm³/mol. The summed E-state index contributed by atoms with van der Waals surface area (Å²) in [5.41, 5.74) is 1.65. The molecule has 156 valence electrons. The van der Waals surface area contributed by atoms with E-state index in [1.54, 1.807) is 0 Å². The van der Waals surface area contributed by atoms with Crippen molar-refractivity contribution in [3.63, 3.8) is 0 Å². The van der Waals surface area contributed by atoms with E-state index in [1.165, 1.54) is 89.9 Å². The third-order valence-electron chi connectivity index (χ3n) is 5.20. The molecule has 3 nitrogen and oxygen atoms in total. The van der Waals surface area contributed by atoms with Crippen LogP contribution in [0.1, 0.15) is 109 Å². The molecule has 0 bridgehead atoms. The quantitative estimate of drug-likeness (QED) is 0.137. The van der Waals surface area contributed by atoms with Gasteiger partial charge in [0, 0.05) is 12.5 Å². The molecule has 0 aliphatic heterocycles. The van der Waals surface area contributed by atoms with E-state index >= 15 is 0 Å². The van der Waals surface area contributed by atoms with Crippen LogP contribution in [0.2, 0.25) is 0 Å². The number of halogens is 1. The standard InChI is InChI=1S/C23H40N2O.BrH/c1-3-4-5-6-7-8-9-10-11-12-13-14-15-16-19-25-20-17-18-23(21-25)22(2)24-26;/h17-18,20-21H,3-16,19H2,1-2H3;1H. The molecule has 0 fully saturated rings. The number of hydrogen-bond acceptors (Lipinski definition) is 2. The highest BCUT2D eigenvalue weighted by molar-refractivity contribution is 5.97. The van der Waals surface area contributed by atoms with Crippen molar-refractivity contribution in [3.05, 3.63) is 30.1 Å². The predicted octanol–water partition coefficient (Wildman–Crippen LogP) is 3.66. The molecule has 1 rings (SSSR count). The van der Waals surface area contributed by atoms with Gasteiger partial charge in [-0.05, 0) is 19.4 Å². The lowest BCUT2D eigenvalue weighted by Crippen LogP contribution is -3.00. The smallest absolute Gasteiger partial charge is 0.177 e. The number of hydrogen-bond donors (Lipinski definition) is 1. The molecule has 0 saturated heterocycles. The first-order valence-electron chi connectivity index (χ1n) is 11.0. The molecule has 1 aromatic heterocycles. The van der Waals surface area contributed by atoms with Crippen molar-refractivity contribution in [1.82, 2.24) is 0 Å². The van der Waals surface area contributed by atoms with E-state index in [4.69, 9.17) is 5.21 Å². The highest BCUT2D eigenvalue weighted by atomic mass is 79.9. The summed E-state index contributed by atoms with van der Waals surface area (Å²) < 4.78 is 2.20. The Balaban J connectivity index is 0.00000676. The minimum Gasteiger partial charge on any atom is -1.00 e. The van der Waals surface area contributed by atoms with Crippen LogP contribution in [0.4, 0.5) is 0 Å². The van der Waals surface area contributed by atoms with Crippen molar-refractivity contribution in [3.8, 4) is 0 Å². The van der Waals surface area contributed by atoms with Crippen molar-refractivity contribution in [2.75, 3.05) is 0 Å². The zero-order chi connectivity index (χ0) is 18.9. The summed E-state index contributed by atoms with van der Waals surface area (Å²) in [6.07, 6.45) is 23.7. The Hall–Kier alpha value is -0.900. The van der Waals surface area contributed by atoms with Gasteiger partial charge in [0.15, 0.2) is 12.4 Å². The molecule has 0 radical (unpaired) electrons. The first-order chi connectivity index (χ1) is 12.8. The Morgan fingerprint density at radius 2 is 1.33 bits per heavy atom. The fourth-order valence-electron chi connectivity index (χ4n) is 3.42. The number of unbranched alkanes of at least 4 members (excludes halogenated alkanes) is 13. The van der Waals surface area contributed by atoms with Crippen LogP contribution in [0.15, 0.2) is 29.7 Å². The maximum absolute atomic E-state index is 8.87. The monoisotopic (exact) mass is 440 g/mol. The van der Waals surface area contributed by atoms with E-state index in [0.717, 1.165) is 12.1 Å². The van der Waals surface area contributed by atoms with Crippen LogP contribution in [0.3, 0.4) is 0 Å². The SMILES string of the molecule is CCCCCCCCCCCCCCCC[n+]1cccc(C(C)=NO)c1.[Br-]. The first-order valence-corrected chi connectivity index (χ1v) is 11.0. The Labute approximate surface area is 178 Å². The third-order valence-corrected chi connectivity index (χ3v) is 5.20. The Morgan fingerprint density at radius 3 is 1.81 bits per heavy atom. The van der Waals surface area contributed by atoms with Crippen LogP contribution in [0.25, 0.3) is 0 Å². The maximum Gasteiger partial charge on any atom is 0.177 e. The summed E-state index contributed by atoms with van der Waals surface area (Å²) in [5.74, 6) is 0. The van der Waals surface area contributed by atoms with Crippen LogP contribution >= 0.6 is 0 Å². The fraction of sp³-hybridized carbons (Fsp3) is 0.739. The largest absolute Gasteiger partial charge is 1.00 e. The molecule has 4 heteroatoms. The summed E-state index contributed by atoms with van der Waals surface area (Å²) >= 11 is 0. The van der Waals surface area contributed by atoms with E-state index in [1.807, 2.05) is 19.1 Å². The van der Waals surface area contributed by atoms with E-state index in [0.29, 0.717) is 5.71 Å². The normalized spacial score (nSPS) is 11.4. The second kappa shape index (κ2) is 18.5. The Kier molecular flexibility index (Phi) is 17.8. The number of aryl methyl sites for hydroxylation is 1. The molecule has 1 heterocycles. The lowest BCUT2D eigenvalue weighted by molar-refractivity contribution is -0.697. The summed E-state index contributed by atoms with van der Waals surface area (Å²) in [6.45, 7) is 5.16. The van der Waals surface area contributed by atoms with Crippen molar-refractivity contribution in [2.45, 2.75) is 110 Å². The van der Waals surface area contributed by atoms with Gasteiger partial charge in [0.05, 0.1) is 11.3 Å². The zero-order valence-electron chi connectivity index (χ0n) is 17.6. The molecule has 0 saturated carbocycles. The van der Waals surface area contributed by atoms with E-state index in [-0.39, 0.29) is 17.0 Å². The highest BCUT2D eigenvalue weighted by Crippen LogP contribution is 2.12. The van der Waals surface area contributed by atoms with Crippen LogP contribution in [0, 0.1) is 0 Å². The van der Waals surface area contributed by atoms with Gasteiger partial charge in [-0.15, -0.1) is 0 Å². The molecular formula is C23H41BrN2O. The molecule has 0 aromatic carbocycles. The molecule has 0 aliphatic rings. The summed E-state index contributed by atoms with van der Waals surface area (Å²) in [7, 11) is 0. The molecule has 1 aromatic rings. The minimum atomic E-state index is 0. The molecule has 0 atom stereocenters. The lowest BCUT2D eigenvalue weighted by Gasteiger charge is -2.03. The third kappa shape index (κ3) is 13.8. The Bertz CT molecular complexity index is 491. The molecule has 1 N–H and O–H groups in total. The molecule has 0 aliphatic carbocycles. The first kappa shape index (κ1) is 26.1. The topological polar surface area (TPSA) is 36.5 Å². The van der Waals surface area contributed by atoms with E-state index in [2.05, 4.69) is 29.0 Å². The summed E-state index contributed by atoms with van der Waals surface area (Å²) in [4.78, 5) is 0. The van der Waals surface area contributed by atoms with Crippen molar-refractivity contribution >= 4 is 5.71 Å². The van der Waals surface area contributed by atoms with Crippen molar-refractivity contribution < 1.29 is 26.8 Å².